The standard InChI is InChI=1S/C14H17BrN4/c1-2-3-4-10-5-7-11(8-6-10)18-13-12(15)9-17-14(16)19-13/h5-9H,2-4H2,1H3,(H3,16,17,18,19). The molecule has 1 heterocycles. The predicted molar refractivity (Wildman–Crippen MR) is 82.5 cm³/mol. The first-order valence-corrected chi connectivity index (χ1v) is 7.12. The van der Waals surface area contributed by atoms with E-state index in [1.807, 2.05) is 0 Å². The molecule has 0 aliphatic carbocycles. The van der Waals surface area contributed by atoms with E-state index in [9.17, 15) is 0 Å². The molecule has 3 N–H and O–H groups in total. The molecule has 1 aromatic heterocycles. The Bertz CT molecular complexity index is 540. The fourth-order valence-corrected chi connectivity index (χ4v) is 2.03. The average Bonchev–Trinajstić information content (AvgIpc) is 2.42. The van der Waals surface area contributed by atoms with Gasteiger partial charge in [-0.3, -0.25) is 0 Å². The zero-order valence-electron chi connectivity index (χ0n) is 10.9. The molecule has 0 amide bonds. The van der Waals surface area contributed by atoms with Gasteiger partial charge in [0, 0.05) is 11.9 Å². The number of benzene rings is 1. The number of anilines is 3. The smallest absolute Gasteiger partial charge is 0.222 e. The number of unbranched alkanes of at least 4 members (excludes halogenated alkanes) is 1. The third kappa shape index (κ3) is 3.92. The highest BCUT2D eigenvalue weighted by atomic mass is 79.9. The van der Waals surface area contributed by atoms with Gasteiger partial charge in [-0.1, -0.05) is 25.5 Å². The van der Waals surface area contributed by atoms with Gasteiger partial charge < -0.3 is 11.1 Å². The highest BCUT2D eigenvalue weighted by Gasteiger charge is 2.03. The number of nitrogens with zero attached hydrogens (tertiary/aromatic N) is 2. The molecule has 0 aliphatic heterocycles. The van der Waals surface area contributed by atoms with Crippen LogP contribution in [0.25, 0.3) is 0 Å². The van der Waals surface area contributed by atoms with Crippen LogP contribution in [0.1, 0.15) is 25.3 Å². The van der Waals surface area contributed by atoms with Gasteiger partial charge in [0.25, 0.3) is 0 Å². The van der Waals surface area contributed by atoms with Crippen LogP contribution in [-0.2, 0) is 6.42 Å². The number of aryl methyl sites for hydroxylation is 1. The molecule has 0 bridgehead atoms. The second kappa shape index (κ2) is 6.52. The molecule has 1 aromatic carbocycles. The first-order chi connectivity index (χ1) is 9.19. The van der Waals surface area contributed by atoms with Gasteiger partial charge in [0.2, 0.25) is 5.95 Å². The average molecular weight is 321 g/mol. The van der Waals surface area contributed by atoms with Crippen molar-refractivity contribution in [3.05, 3.63) is 40.5 Å². The third-order valence-electron chi connectivity index (χ3n) is 2.80. The van der Waals surface area contributed by atoms with Crippen molar-refractivity contribution in [1.82, 2.24) is 9.97 Å². The lowest BCUT2D eigenvalue weighted by Gasteiger charge is -2.08. The second-order valence-electron chi connectivity index (χ2n) is 4.35. The van der Waals surface area contributed by atoms with Crippen LogP contribution in [0.5, 0.6) is 0 Å². The van der Waals surface area contributed by atoms with Gasteiger partial charge in [-0.2, -0.15) is 4.98 Å². The Hall–Kier alpha value is -1.62. The third-order valence-corrected chi connectivity index (χ3v) is 3.38. The van der Waals surface area contributed by atoms with E-state index in [0.29, 0.717) is 5.82 Å². The summed E-state index contributed by atoms with van der Waals surface area (Å²) < 4.78 is 0.789. The van der Waals surface area contributed by atoms with Crippen molar-refractivity contribution in [2.75, 3.05) is 11.1 Å². The molecular weight excluding hydrogens is 304 g/mol. The molecule has 2 rings (SSSR count). The molecule has 19 heavy (non-hydrogen) atoms. The summed E-state index contributed by atoms with van der Waals surface area (Å²) in [5.41, 5.74) is 7.92. The fraction of sp³-hybridized carbons (Fsp3) is 0.286. The highest BCUT2D eigenvalue weighted by molar-refractivity contribution is 9.10. The molecule has 100 valence electrons. The molecule has 0 fully saturated rings. The molecule has 0 spiro atoms. The van der Waals surface area contributed by atoms with Crippen LogP contribution in [0.2, 0.25) is 0 Å². The Morgan fingerprint density at radius 2 is 2.00 bits per heavy atom. The van der Waals surface area contributed by atoms with Crippen LogP contribution < -0.4 is 11.1 Å². The number of aromatic nitrogens is 2. The van der Waals surface area contributed by atoms with E-state index in [-0.39, 0.29) is 5.95 Å². The lowest BCUT2D eigenvalue weighted by atomic mass is 10.1. The number of nitrogens with two attached hydrogens (primary N) is 1. The SMILES string of the molecule is CCCCc1ccc(Nc2nc(N)ncc2Br)cc1. The minimum atomic E-state index is 0.255. The molecule has 5 heteroatoms. The molecule has 4 nitrogen and oxygen atoms in total. The van der Waals surface area contributed by atoms with Crippen molar-refractivity contribution in [1.29, 1.82) is 0 Å². The molecule has 2 aromatic rings. The first-order valence-electron chi connectivity index (χ1n) is 6.33. The largest absolute Gasteiger partial charge is 0.368 e. The van der Waals surface area contributed by atoms with E-state index < -0.39 is 0 Å². The van der Waals surface area contributed by atoms with E-state index in [0.717, 1.165) is 16.6 Å². The minimum Gasteiger partial charge on any atom is -0.368 e. The molecule has 0 radical (unpaired) electrons. The number of rotatable bonds is 5. The van der Waals surface area contributed by atoms with Crippen molar-refractivity contribution in [2.24, 2.45) is 0 Å². The number of nitrogens with one attached hydrogen (secondary N) is 1. The summed E-state index contributed by atoms with van der Waals surface area (Å²) in [6.45, 7) is 2.20. The summed E-state index contributed by atoms with van der Waals surface area (Å²) in [6, 6.07) is 8.37. The molecular formula is C14H17BrN4. The van der Waals surface area contributed by atoms with Gasteiger partial charge in [-0.25, -0.2) is 4.98 Å². The van der Waals surface area contributed by atoms with Crippen LogP contribution >= 0.6 is 15.9 Å². The summed E-state index contributed by atoms with van der Waals surface area (Å²) >= 11 is 3.39. The number of hydrogen-bond donors (Lipinski definition) is 2. The summed E-state index contributed by atoms with van der Waals surface area (Å²) in [5.74, 6) is 0.930. The number of nitrogen functional groups attached to an aromatic ring is 1. The first kappa shape index (κ1) is 13.8. The number of halogens is 1. The lowest BCUT2D eigenvalue weighted by molar-refractivity contribution is 0.795. The Morgan fingerprint density at radius 3 is 2.68 bits per heavy atom. The van der Waals surface area contributed by atoms with Crippen LogP contribution in [0, 0.1) is 0 Å². The van der Waals surface area contributed by atoms with Gasteiger partial charge >= 0.3 is 0 Å². The minimum absolute atomic E-state index is 0.255. The normalized spacial score (nSPS) is 10.4. The maximum Gasteiger partial charge on any atom is 0.222 e. The summed E-state index contributed by atoms with van der Waals surface area (Å²) in [7, 11) is 0. The lowest BCUT2D eigenvalue weighted by Crippen LogP contribution is -2.00. The molecule has 0 saturated carbocycles. The second-order valence-corrected chi connectivity index (χ2v) is 5.20. The molecule has 0 aliphatic rings. The van der Waals surface area contributed by atoms with Crippen molar-refractivity contribution in [2.45, 2.75) is 26.2 Å². The predicted octanol–water partition coefficient (Wildman–Crippen LogP) is 3.91. The molecule has 0 unspecified atom stereocenters. The van der Waals surface area contributed by atoms with E-state index in [2.05, 4.69) is 62.4 Å². The van der Waals surface area contributed by atoms with Crippen LogP contribution in [0.15, 0.2) is 34.9 Å². The zero-order chi connectivity index (χ0) is 13.7. The van der Waals surface area contributed by atoms with Crippen molar-refractivity contribution >= 4 is 33.4 Å². The summed E-state index contributed by atoms with van der Waals surface area (Å²) in [6.07, 6.45) is 5.20. The van der Waals surface area contributed by atoms with E-state index in [1.54, 1.807) is 6.20 Å². The molecule has 0 atom stereocenters. The molecule has 0 saturated heterocycles. The van der Waals surface area contributed by atoms with Crippen molar-refractivity contribution in [3.8, 4) is 0 Å². The van der Waals surface area contributed by atoms with Gasteiger partial charge in [0.15, 0.2) is 0 Å². The monoisotopic (exact) mass is 320 g/mol. The van der Waals surface area contributed by atoms with Crippen LogP contribution in [0.4, 0.5) is 17.5 Å². The van der Waals surface area contributed by atoms with Gasteiger partial charge in [-0.05, 0) is 46.5 Å². The van der Waals surface area contributed by atoms with Gasteiger partial charge in [0.05, 0.1) is 4.47 Å². The Morgan fingerprint density at radius 1 is 1.26 bits per heavy atom. The van der Waals surface area contributed by atoms with E-state index in [1.165, 1.54) is 18.4 Å². The maximum absolute atomic E-state index is 5.58. The van der Waals surface area contributed by atoms with Crippen molar-refractivity contribution < 1.29 is 0 Å². The zero-order valence-corrected chi connectivity index (χ0v) is 12.4. The fourth-order valence-electron chi connectivity index (χ4n) is 1.74. The van der Waals surface area contributed by atoms with Crippen LogP contribution in [0.3, 0.4) is 0 Å². The highest BCUT2D eigenvalue weighted by Crippen LogP contribution is 2.23. The summed E-state index contributed by atoms with van der Waals surface area (Å²) in [5, 5.41) is 3.22. The number of hydrogen-bond acceptors (Lipinski definition) is 4. The Balaban J connectivity index is 2.08. The quantitative estimate of drug-likeness (QED) is 0.876. The summed E-state index contributed by atoms with van der Waals surface area (Å²) in [4.78, 5) is 8.06. The van der Waals surface area contributed by atoms with Gasteiger partial charge in [0.1, 0.15) is 5.82 Å². The Kier molecular flexibility index (Phi) is 4.74. The Labute approximate surface area is 121 Å². The van der Waals surface area contributed by atoms with E-state index >= 15 is 0 Å². The van der Waals surface area contributed by atoms with Gasteiger partial charge in [-0.15, -0.1) is 0 Å². The van der Waals surface area contributed by atoms with Crippen molar-refractivity contribution in [3.63, 3.8) is 0 Å². The maximum atomic E-state index is 5.58. The van der Waals surface area contributed by atoms with Crippen LogP contribution in [-0.4, -0.2) is 9.97 Å². The topological polar surface area (TPSA) is 63.8 Å². The van der Waals surface area contributed by atoms with E-state index in [4.69, 9.17) is 5.73 Å².